The van der Waals surface area contributed by atoms with E-state index < -0.39 is 0 Å². The van der Waals surface area contributed by atoms with E-state index in [0.717, 1.165) is 22.3 Å². The Hall–Kier alpha value is -3.20. The second-order valence-corrected chi connectivity index (χ2v) is 5.61. The molecular formula is C21H17NO2. The van der Waals surface area contributed by atoms with Crippen LogP contribution in [0.4, 0.5) is 5.69 Å². The largest absolute Gasteiger partial charge is 0.277 e. The molecule has 24 heavy (non-hydrogen) atoms. The molecule has 3 heteroatoms. The zero-order valence-corrected chi connectivity index (χ0v) is 13.3. The Morgan fingerprint density at radius 2 is 1.54 bits per heavy atom. The van der Waals surface area contributed by atoms with Gasteiger partial charge in [-0.15, -0.1) is 0 Å². The summed E-state index contributed by atoms with van der Waals surface area (Å²) in [5, 5.41) is 11.5. The number of nitro groups is 1. The van der Waals surface area contributed by atoms with Crippen LogP contribution in [0.1, 0.15) is 22.3 Å². The molecule has 0 atom stereocenters. The molecule has 0 fully saturated rings. The van der Waals surface area contributed by atoms with E-state index in [1.165, 1.54) is 0 Å². The highest BCUT2D eigenvalue weighted by Gasteiger charge is 2.18. The monoisotopic (exact) mass is 315 g/mol. The molecular weight excluding hydrogens is 298 g/mol. The fraction of sp³-hybridized carbons (Fsp3) is 0.0476. The average molecular weight is 315 g/mol. The van der Waals surface area contributed by atoms with Crippen molar-refractivity contribution < 1.29 is 4.92 Å². The molecule has 0 radical (unpaired) electrons. The van der Waals surface area contributed by atoms with Crippen molar-refractivity contribution in [3.63, 3.8) is 0 Å². The second-order valence-electron chi connectivity index (χ2n) is 5.61. The lowest BCUT2D eigenvalue weighted by Gasteiger charge is -2.10. The summed E-state index contributed by atoms with van der Waals surface area (Å²) in [6, 6.07) is 25.0. The van der Waals surface area contributed by atoms with Crippen molar-refractivity contribution >= 4 is 17.3 Å². The summed E-state index contributed by atoms with van der Waals surface area (Å²) < 4.78 is 0. The summed E-state index contributed by atoms with van der Waals surface area (Å²) in [6.07, 6.45) is 1.99. The van der Waals surface area contributed by atoms with Crippen LogP contribution < -0.4 is 0 Å². The van der Waals surface area contributed by atoms with Gasteiger partial charge < -0.3 is 0 Å². The zero-order chi connectivity index (χ0) is 16.9. The van der Waals surface area contributed by atoms with E-state index in [2.05, 4.69) is 0 Å². The van der Waals surface area contributed by atoms with Crippen LogP contribution in [0.2, 0.25) is 0 Å². The van der Waals surface area contributed by atoms with Crippen molar-refractivity contribution in [3.8, 4) is 0 Å². The van der Waals surface area contributed by atoms with E-state index in [1.807, 2.05) is 85.8 Å². The molecule has 0 aliphatic carbocycles. The predicted molar refractivity (Wildman–Crippen MR) is 97.7 cm³/mol. The van der Waals surface area contributed by atoms with Crippen molar-refractivity contribution in [1.82, 2.24) is 0 Å². The maximum absolute atomic E-state index is 11.5. The van der Waals surface area contributed by atoms with E-state index >= 15 is 0 Å². The van der Waals surface area contributed by atoms with Crippen LogP contribution in [0, 0.1) is 17.0 Å². The number of hydrogen-bond donors (Lipinski definition) is 0. The van der Waals surface area contributed by atoms with E-state index in [9.17, 15) is 10.1 Å². The van der Waals surface area contributed by atoms with Gasteiger partial charge in [-0.25, -0.2) is 0 Å². The van der Waals surface area contributed by atoms with Gasteiger partial charge >= 0.3 is 0 Å². The van der Waals surface area contributed by atoms with E-state index in [1.54, 1.807) is 6.07 Å². The van der Waals surface area contributed by atoms with Gasteiger partial charge in [0.05, 0.1) is 10.5 Å². The van der Waals surface area contributed by atoms with Gasteiger partial charge in [-0.3, -0.25) is 10.1 Å². The zero-order valence-electron chi connectivity index (χ0n) is 13.3. The standard InChI is InChI=1S/C21H17NO2/c1-16-12-13-19(21(14-16)22(23)24)20(18-10-6-3-7-11-18)15-17-8-4-2-5-9-17/h2-15H,1H3/b20-15+. The molecule has 0 heterocycles. The molecule has 0 N–H and O–H groups in total. The average Bonchev–Trinajstić information content (AvgIpc) is 2.61. The third-order valence-electron chi connectivity index (χ3n) is 3.84. The van der Waals surface area contributed by atoms with Gasteiger partial charge in [0.15, 0.2) is 0 Å². The summed E-state index contributed by atoms with van der Waals surface area (Å²) in [7, 11) is 0. The Bertz CT molecular complexity index is 884. The Kier molecular flexibility index (Phi) is 4.52. The minimum atomic E-state index is -0.315. The van der Waals surface area contributed by atoms with Crippen LogP contribution in [0.15, 0.2) is 78.9 Å². The molecule has 3 rings (SSSR count). The molecule has 0 unspecified atom stereocenters. The number of nitro benzene ring substituents is 1. The molecule has 0 aliphatic rings. The van der Waals surface area contributed by atoms with Gasteiger partial charge in [-0.05, 0) is 41.3 Å². The highest BCUT2D eigenvalue weighted by atomic mass is 16.6. The van der Waals surface area contributed by atoms with E-state index in [-0.39, 0.29) is 10.6 Å². The first-order valence-corrected chi connectivity index (χ1v) is 7.73. The maximum atomic E-state index is 11.5. The number of rotatable bonds is 4. The SMILES string of the molecule is Cc1ccc(/C(=C/c2ccccc2)c2ccccc2)c([N+](=O)[O-])c1. The molecule has 0 saturated heterocycles. The lowest BCUT2D eigenvalue weighted by molar-refractivity contribution is -0.385. The van der Waals surface area contributed by atoms with Gasteiger partial charge in [-0.1, -0.05) is 66.7 Å². The third-order valence-corrected chi connectivity index (χ3v) is 3.84. The van der Waals surface area contributed by atoms with Crippen molar-refractivity contribution in [1.29, 1.82) is 0 Å². The van der Waals surface area contributed by atoms with Crippen LogP contribution in [-0.2, 0) is 0 Å². The van der Waals surface area contributed by atoms with Gasteiger partial charge in [0.2, 0.25) is 0 Å². The van der Waals surface area contributed by atoms with Crippen molar-refractivity contribution in [2.45, 2.75) is 6.92 Å². The Morgan fingerprint density at radius 3 is 2.17 bits per heavy atom. The fourth-order valence-corrected chi connectivity index (χ4v) is 2.67. The molecule has 118 valence electrons. The molecule has 0 aliphatic heterocycles. The van der Waals surface area contributed by atoms with Crippen LogP contribution in [0.25, 0.3) is 11.6 Å². The quantitative estimate of drug-likeness (QED) is 0.363. The minimum absolute atomic E-state index is 0.126. The minimum Gasteiger partial charge on any atom is -0.258 e. The number of hydrogen-bond acceptors (Lipinski definition) is 2. The topological polar surface area (TPSA) is 43.1 Å². The number of nitrogens with zero attached hydrogens (tertiary/aromatic N) is 1. The molecule has 0 aromatic heterocycles. The van der Waals surface area contributed by atoms with Gasteiger partial charge in [0.25, 0.3) is 5.69 Å². The molecule has 0 saturated carbocycles. The first-order chi connectivity index (χ1) is 11.6. The lowest BCUT2D eigenvalue weighted by atomic mass is 9.93. The lowest BCUT2D eigenvalue weighted by Crippen LogP contribution is -1.97. The van der Waals surface area contributed by atoms with Crippen molar-refractivity contribution in [2.24, 2.45) is 0 Å². The molecule has 0 bridgehead atoms. The van der Waals surface area contributed by atoms with Gasteiger partial charge in [0.1, 0.15) is 0 Å². The molecule has 0 spiro atoms. The predicted octanol–water partition coefficient (Wildman–Crippen LogP) is 5.49. The summed E-state index contributed by atoms with van der Waals surface area (Å²) >= 11 is 0. The first kappa shape index (κ1) is 15.7. The second kappa shape index (κ2) is 6.92. The summed E-state index contributed by atoms with van der Waals surface area (Å²) in [5.41, 5.74) is 4.42. The van der Waals surface area contributed by atoms with Gasteiger partial charge in [0, 0.05) is 6.07 Å². The van der Waals surface area contributed by atoms with E-state index in [0.29, 0.717) is 5.56 Å². The molecule has 3 aromatic rings. The molecule has 3 nitrogen and oxygen atoms in total. The maximum Gasteiger partial charge on any atom is 0.277 e. The summed E-state index contributed by atoms with van der Waals surface area (Å²) in [6.45, 7) is 1.86. The highest BCUT2D eigenvalue weighted by Crippen LogP contribution is 2.33. The van der Waals surface area contributed by atoms with Crippen LogP contribution in [0.5, 0.6) is 0 Å². The summed E-state index contributed by atoms with van der Waals surface area (Å²) in [4.78, 5) is 11.2. The molecule has 0 amide bonds. The Labute approximate surface area is 141 Å². The van der Waals surface area contributed by atoms with Crippen molar-refractivity contribution in [3.05, 3.63) is 111 Å². The number of aryl methyl sites for hydroxylation is 1. The first-order valence-electron chi connectivity index (χ1n) is 7.73. The third kappa shape index (κ3) is 3.41. The van der Waals surface area contributed by atoms with Gasteiger partial charge in [-0.2, -0.15) is 0 Å². The Morgan fingerprint density at radius 1 is 0.917 bits per heavy atom. The van der Waals surface area contributed by atoms with Crippen LogP contribution in [-0.4, -0.2) is 4.92 Å². The smallest absolute Gasteiger partial charge is 0.258 e. The highest BCUT2D eigenvalue weighted by molar-refractivity contribution is 5.94. The van der Waals surface area contributed by atoms with Crippen LogP contribution >= 0.6 is 0 Å². The van der Waals surface area contributed by atoms with Crippen LogP contribution in [0.3, 0.4) is 0 Å². The fourth-order valence-electron chi connectivity index (χ4n) is 2.67. The van der Waals surface area contributed by atoms with Crippen molar-refractivity contribution in [2.75, 3.05) is 0 Å². The summed E-state index contributed by atoms with van der Waals surface area (Å²) in [5.74, 6) is 0. The normalized spacial score (nSPS) is 11.3. The Balaban J connectivity index is 2.24. The molecule has 3 aromatic carbocycles. The van der Waals surface area contributed by atoms with E-state index in [4.69, 9.17) is 0 Å². The number of benzene rings is 3.